The molecule has 2 aliphatic rings. The lowest BCUT2D eigenvalue weighted by Crippen LogP contribution is -2.60. The van der Waals surface area contributed by atoms with Crippen molar-refractivity contribution in [2.24, 2.45) is 8.80 Å². The Kier molecular flexibility index (Phi) is 16.2. The number of likely N-dealkylation sites (N-methyl/N-ethyl adjacent to an activating group) is 2. The van der Waals surface area contributed by atoms with E-state index in [0.29, 0.717) is 0 Å². The van der Waals surface area contributed by atoms with E-state index in [0.717, 1.165) is 7.05 Å². The highest BCUT2D eigenvalue weighted by atomic mass is 32.2. The zero-order valence-corrected chi connectivity index (χ0v) is 29.3. The SMILES string of the molecule is C[N+]1(C(=O)C(=O)CC(=NS(=O)(=O)C(F)(F)F)C(=NS(=O)(=O)C(F)(F)F)[N+]2(C)CCOCC2)CCOCC1.O=S(=O)([O-])C(F)(F)F.O=S(=O)([O-])C(F)(F)F. The van der Waals surface area contributed by atoms with Crippen LogP contribution >= 0.6 is 0 Å². The van der Waals surface area contributed by atoms with Gasteiger partial charge in [0.15, 0.2) is 20.2 Å². The van der Waals surface area contributed by atoms with Crippen LogP contribution < -0.4 is 0 Å². The quantitative estimate of drug-likeness (QED) is 0.0651. The summed E-state index contributed by atoms with van der Waals surface area (Å²) in [5.74, 6) is -4.13. The first-order valence-corrected chi connectivity index (χ1v) is 18.6. The molecule has 312 valence electrons. The first-order valence-electron chi connectivity index (χ1n) is 12.9. The van der Waals surface area contributed by atoms with Crippen molar-refractivity contribution >= 4 is 63.5 Å². The Morgan fingerprint density at radius 2 is 0.849 bits per heavy atom. The topological polar surface area (TPSA) is 260 Å². The van der Waals surface area contributed by atoms with E-state index in [4.69, 9.17) is 35.4 Å². The van der Waals surface area contributed by atoms with Crippen LogP contribution in [0.4, 0.5) is 52.7 Å². The molecule has 0 bridgehead atoms. The summed E-state index contributed by atoms with van der Waals surface area (Å²) >= 11 is 0. The minimum atomic E-state index is -6.51. The van der Waals surface area contributed by atoms with Crippen LogP contribution in [-0.2, 0) is 59.3 Å². The van der Waals surface area contributed by atoms with Gasteiger partial charge in [0.25, 0.3) is 11.6 Å². The molecule has 0 unspecified atom stereocenters. The second-order valence-electron chi connectivity index (χ2n) is 10.4. The molecule has 2 fully saturated rings. The van der Waals surface area contributed by atoms with Gasteiger partial charge in [-0.1, -0.05) is 4.40 Å². The van der Waals surface area contributed by atoms with E-state index < -0.39 is 101 Å². The first-order chi connectivity index (χ1) is 23.2. The van der Waals surface area contributed by atoms with Crippen molar-refractivity contribution in [1.82, 2.24) is 0 Å². The number of hydrogen-bond donors (Lipinski definition) is 0. The molecule has 0 atom stereocenters. The number of ketones is 1. The van der Waals surface area contributed by atoms with Crippen LogP contribution in [0.3, 0.4) is 0 Å². The van der Waals surface area contributed by atoms with Gasteiger partial charge in [-0.05, 0) is 0 Å². The Bertz CT molecular complexity index is 1800. The third-order valence-electron chi connectivity index (χ3n) is 6.33. The Hall–Kier alpha value is -2.60. The van der Waals surface area contributed by atoms with Crippen molar-refractivity contribution < 1.29 is 123 Å². The summed E-state index contributed by atoms with van der Waals surface area (Å²) in [4.78, 5) is 25.6. The van der Waals surface area contributed by atoms with Gasteiger partial charge in [-0.3, -0.25) is 13.8 Å². The van der Waals surface area contributed by atoms with E-state index in [9.17, 15) is 79.1 Å². The fourth-order valence-electron chi connectivity index (χ4n) is 3.41. The monoisotopic (exact) mass is 888 g/mol. The van der Waals surface area contributed by atoms with E-state index in [1.165, 1.54) is 7.05 Å². The lowest BCUT2D eigenvalue weighted by atomic mass is 10.1. The number of amides is 1. The average molecular weight is 889 g/mol. The largest absolute Gasteiger partial charge is 0.741 e. The molecular weight excluding hydrogens is 864 g/mol. The maximum absolute atomic E-state index is 13.2. The van der Waals surface area contributed by atoms with Crippen molar-refractivity contribution in [3.8, 4) is 0 Å². The van der Waals surface area contributed by atoms with Crippen molar-refractivity contribution in [2.45, 2.75) is 28.5 Å². The molecule has 0 aliphatic carbocycles. The predicted molar refractivity (Wildman–Crippen MR) is 144 cm³/mol. The molecule has 2 rings (SSSR count). The van der Waals surface area contributed by atoms with Crippen molar-refractivity contribution in [3.63, 3.8) is 0 Å². The molecule has 2 aliphatic heterocycles. The Labute approximate surface area is 290 Å². The van der Waals surface area contributed by atoms with Crippen LogP contribution in [0.2, 0.25) is 0 Å². The molecule has 0 spiro atoms. The van der Waals surface area contributed by atoms with Crippen LogP contribution in [0.1, 0.15) is 6.42 Å². The van der Waals surface area contributed by atoms with Crippen LogP contribution in [-0.4, -0.2) is 164 Å². The Morgan fingerprint density at radius 1 is 0.566 bits per heavy atom. The van der Waals surface area contributed by atoms with Gasteiger partial charge in [-0.15, -0.1) is 0 Å². The van der Waals surface area contributed by atoms with E-state index in [1.54, 1.807) is 0 Å². The highest BCUT2D eigenvalue weighted by molar-refractivity contribution is 7.91. The van der Waals surface area contributed by atoms with Crippen molar-refractivity contribution in [2.75, 3.05) is 66.7 Å². The predicted octanol–water partition coefficient (Wildman–Crippen LogP) is 0.0673. The standard InChI is InChI=1S/C17H24F6N4O8S2.2CHF3O3S/c1-26(3-7-34-8-4-26)14(25-37(32,33)17(21,22)23)12(24-36(30,31)16(18,19)20)11-13(28)15(29)27(2)5-9-35-10-6-27;2*2-1(3,4)8(5,6)7/h3-11H2,1-2H3;2*(H,5,6,7)/q+2;;/p-2. The highest BCUT2D eigenvalue weighted by Crippen LogP contribution is 2.29. The van der Waals surface area contributed by atoms with Crippen LogP contribution in [0.5, 0.6) is 0 Å². The lowest BCUT2D eigenvalue weighted by molar-refractivity contribution is -0.840. The lowest BCUT2D eigenvalue weighted by Gasteiger charge is -2.37. The van der Waals surface area contributed by atoms with Crippen LogP contribution in [0.25, 0.3) is 0 Å². The number of carbonyl (C=O) groups is 2. The van der Waals surface area contributed by atoms with Gasteiger partial charge < -0.3 is 18.6 Å². The number of alkyl halides is 12. The van der Waals surface area contributed by atoms with E-state index in [-0.39, 0.29) is 52.6 Å². The van der Waals surface area contributed by atoms with Crippen LogP contribution in [0.15, 0.2) is 8.80 Å². The van der Waals surface area contributed by atoms with E-state index >= 15 is 0 Å². The van der Waals surface area contributed by atoms with Gasteiger partial charge in [-0.25, -0.2) is 21.6 Å². The number of halogens is 12. The zero-order chi connectivity index (χ0) is 42.5. The molecule has 0 aromatic rings. The number of carbonyl (C=O) groups excluding carboxylic acids is 2. The number of nitrogens with zero attached hydrogens (tertiary/aromatic N) is 4. The molecule has 2 heterocycles. The summed E-state index contributed by atoms with van der Waals surface area (Å²) in [5.41, 5.74) is -24.9. The van der Waals surface area contributed by atoms with Gasteiger partial charge in [-0.2, -0.15) is 73.9 Å². The maximum Gasteiger partial charge on any atom is 0.518 e. The number of rotatable bonds is 6. The minimum absolute atomic E-state index is 0.0322. The van der Waals surface area contributed by atoms with Crippen LogP contribution in [0, 0.1) is 0 Å². The summed E-state index contributed by atoms with van der Waals surface area (Å²) in [6.45, 7) is -1.21. The number of ether oxygens (including phenoxy) is 2. The molecule has 0 aromatic heterocycles. The highest BCUT2D eigenvalue weighted by Gasteiger charge is 2.52. The second-order valence-corrected chi connectivity index (χ2v) is 16.3. The molecule has 18 nitrogen and oxygen atoms in total. The summed E-state index contributed by atoms with van der Waals surface area (Å²) in [6, 6.07) is 0. The molecule has 0 aromatic carbocycles. The van der Waals surface area contributed by atoms with Gasteiger partial charge in [0.1, 0.15) is 31.9 Å². The van der Waals surface area contributed by atoms with Gasteiger partial charge in [0.05, 0.1) is 46.9 Å². The Balaban J connectivity index is 0.00000140. The smallest absolute Gasteiger partial charge is 0.518 e. The first kappa shape index (κ1) is 50.4. The molecule has 0 radical (unpaired) electrons. The third-order valence-corrected chi connectivity index (χ3v) is 9.51. The Morgan fingerprint density at radius 3 is 1.13 bits per heavy atom. The normalized spacial score (nSPS) is 19.5. The molecule has 53 heavy (non-hydrogen) atoms. The summed E-state index contributed by atoms with van der Waals surface area (Å²) < 4.78 is 258. The van der Waals surface area contributed by atoms with Crippen molar-refractivity contribution in [1.29, 1.82) is 0 Å². The second kappa shape index (κ2) is 17.0. The number of Topliss-reactive ketones (excluding diaryl/α,β-unsaturated/α-hetero) is 1. The van der Waals surface area contributed by atoms with Gasteiger partial charge >= 0.3 is 48.0 Å². The number of morpholine rings is 2. The molecule has 0 N–H and O–H groups in total. The number of quaternary nitrogens is 2. The molecule has 1 amide bonds. The molecule has 34 heteroatoms. The maximum atomic E-state index is 13.2. The zero-order valence-electron chi connectivity index (χ0n) is 26.0. The number of amidine groups is 1. The fourth-order valence-corrected chi connectivity index (χ4v) is 4.59. The van der Waals surface area contributed by atoms with Crippen molar-refractivity contribution in [3.05, 3.63) is 0 Å². The van der Waals surface area contributed by atoms with E-state index in [2.05, 4.69) is 8.80 Å². The number of sulfonamides is 2. The average Bonchev–Trinajstić information content (AvgIpc) is 2.93. The molecule has 0 saturated carbocycles. The molecular formula is C19H24F12N4O14S4. The third kappa shape index (κ3) is 14.5. The number of hydrogen-bond acceptors (Lipinski definition) is 14. The minimum Gasteiger partial charge on any atom is -0.741 e. The van der Waals surface area contributed by atoms with Gasteiger partial charge in [0.2, 0.25) is 0 Å². The fraction of sp³-hybridized carbons (Fsp3) is 0.789. The summed E-state index contributed by atoms with van der Waals surface area (Å²) in [7, 11) is -22.8. The molecule has 2 saturated heterocycles. The van der Waals surface area contributed by atoms with Gasteiger partial charge in [0, 0.05) is 0 Å². The summed E-state index contributed by atoms with van der Waals surface area (Å²) in [6.07, 6.45) is -1.57. The summed E-state index contributed by atoms with van der Waals surface area (Å²) in [5, 5.41) is 0. The van der Waals surface area contributed by atoms with E-state index in [1.807, 2.05) is 0 Å².